The molecule has 1 fully saturated rings. The fourth-order valence-electron chi connectivity index (χ4n) is 2.24. The van der Waals surface area contributed by atoms with E-state index in [0.29, 0.717) is 0 Å². The van der Waals surface area contributed by atoms with Crippen molar-refractivity contribution in [3.05, 3.63) is 33.6 Å². The molecule has 18 heavy (non-hydrogen) atoms. The molecule has 1 amide bonds. The van der Waals surface area contributed by atoms with Crippen molar-refractivity contribution in [3.63, 3.8) is 0 Å². The van der Waals surface area contributed by atoms with Crippen molar-refractivity contribution in [2.45, 2.75) is 38.1 Å². The highest BCUT2D eigenvalue weighted by Crippen LogP contribution is 2.28. The maximum atomic E-state index is 13.6. The molecule has 1 aromatic carbocycles. The number of hydrogen-bond donors (Lipinski definition) is 1. The quantitative estimate of drug-likeness (QED) is 0.813. The van der Waals surface area contributed by atoms with Crippen LogP contribution in [0.25, 0.3) is 0 Å². The van der Waals surface area contributed by atoms with Crippen LogP contribution in [0, 0.1) is 5.82 Å². The molecule has 5 heteroatoms. The molecule has 0 atom stereocenters. The Morgan fingerprint density at radius 3 is 2.56 bits per heavy atom. The predicted molar refractivity (Wildman–Crippen MR) is 70.8 cm³/mol. The fourth-order valence-corrected chi connectivity index (χ4v) is 2.64. The Morgan fingerprint density at radius 1 is 1.22 bits per heavy atom. The van der Waals surface area contributed by atoms with E-state index in [9.17, 15) is 9.18 Å². The van der Waals surface area contributed by atoms with Crippen molar-refractivity contribution >= 4 is 29.1 Å². The van der Waals surface area contributed by atoms with E-state index >= 15 is 0 Å². The second-order valence-corrected chi connectivity index (χ2v) is 5.31. The largest absolute Gasteiger partial charge is 0.349 e. The smallest absolute Gasteiger partial charge is 0.256 e. The maximum absolute atomic E-state index is 13.6. The molecular weight excluding hydrogens is 276 g/mol. The zero-order valence-corrected chi connectivity index (χ0v) is 11.3. The number of carbonyl (C=O) groups excluding carboxylic acids is 1. The van der Waals surface area contributed by atoms with E-state index in [1.54, 1.807) is 0 Å². The summed E-state index contributed by atoms with van der Waals surface area (Å²) in [4.78, 5) is 12.0. The number of halogens is 3. The van der Waals surface area contributed by atoms with E-state index in [0.717, 1.165) is 31.7 Å². The Bertz CT molecular complexity index is 459. The minimum Gasteiger partial charge on any atom is -0.349 e. The Kier molecular flexibility index (Phi) is 4.46. The van der Waals surface area contributed by atoms with Gasteiger partial charge in [-0.05, 0) is 25.0 Å². The number of amides is 1. The summed E-state index contributed by atoms with van der Waals surface area (Å²) in [5.74, 6) is -1.12. The number of hydrogen-bond acceptors (Lipinski definition) is 1. The summed E-state index contributed by atoms with van der Waals surface area (Å²) in [6.07, 6.45) is 5.25. The van der Waals surface area contributed by atoms with Crippen molar-refractivity contribution < 1.29 is 9.18 Å². The van der Waals surface area contributed by atoms with Gasteiger partial charge in [-0.25, -0.2) is 4.39 Å². The van der Waals surface area contributed by atoms with Gasteiger partial charge in [0.1, 0.15) is 5.82 Å². The van der Waals surface area contributed by atoms with E-state index in [1.807, 2.05) is 0 Å². The van der Waals surface area contributed by atoms with Gasteiger partial charge >= 0.3 is 0 Å². The third-order valence-electron chi connectivity index (χ3n) is 3.21. The van der Waals surface area contributed by atoms with Crippen LogP contribution in [-0.4, -0.2) is 11.9 Å². The molecule has 2 rings (SSSR count). The molecular formula is C13H14Cl2FNO. The molecule has 0 heterocycles. The van der Waals surface area contributed by atoms with Crippen LogP contribution in [0.4, 0.5) is 4.39 Å². The summed E-state index contributed by atoms with van der Waals surface area (Å²) >= 11 is 11.7. The van der Waals surface area contributed by atoms with Crippen LogP contribution < -0.4 is 5.32 Å². The highest BCUT2D eigenvalue weighted by atomic mass is 35.5. The zero-order chi connectivity index (χ0) is 13.1. The zero-order valence-electron chi connectivity index (χ0n) is 9.81. The van der Waals surface area contributed by atoms with Gasteiger partial charge < -0.3 is 5.32 Å². The molecule has 0 unspecified atom stereocenters. The van der Waals surface area contributed by atoms with Crippen LogP contribution in [0.15, 0.2) is 12.1 Å². The third kappa shape index (κ3) is 2.96. The molecule has 0 spiro atoms. The van der Waals surface area contributed by atoms with Crippen molar-refractivity contribution in [1.82, 2.24) is 5.32 Å². The number of nitrogens with one attached hydrogen (secondary N) is 1. The molecule has 0 aromatic heterocycles. The van der Waals surface area contributed by atoms with Gasteiger partial charge in [-0.2, -0.15) is 0 Å². The Labute approximate surface area is 115 Å². The SMILES string of the molecule is O=C(NC1CCCCC1)c1c(F)ccc(Cl)c1Cl. The molecule has 2 nitrogen and oxygen atoms in total. The van der Waals surface area contributed by atoms with Crippen LogP contribution >= 0.6 is 23.2 Å². The van der Waals surface area contributed by atoms with E-state index < -0.39 is 11.7 Å². The lowest BCUT2D eigenvalue weighted by Gasteiger charge is -2.23. The van der Waals surface area contributed by atoms with Gasteiger partial charge in [0.05, 0.1) is 15.6 Å². The highest BCUT2D eigenvalue weighted by Gasteiger charge is 2.22. The van der Waals surface area contributed by atoms with Gasteiger partial charge in [-0.3, -0.25) is 4.79 Å². The molecule has 1 aliphatic carbocycles. The Hall–Kier alpha value is -0.800. The molecule has 0 bridgehead atoms. The number of rotatable bonds is 2. The standard InChI is InChI=1S/C13H14Cl2FNO/c14-9-6-7-10(16)11(12(9)15)13(18)17-8-4-2-1-3-5-8/h6-8H,1-5H2,(H,17,18). The van der Waals surface area contributed by atoms with E-state index in [1.165, 1.54) is 12.5 Å². The van der Waals surface area contributed by atoms with Gasteiger partial charge in [0.15, 0.2) is 0 Å². The molecule has 98 valence electrons. The van der Waals surface area contributed by atoms with Crippen molar-refractivity contribution in [3.8, 4) is 0 Å². The number of carbonyl (C=O) groups is 1. The summed E-state index contributed by atoms with van der Waals surface area (Å²) < 4.78 is 13.6. The minimum absolute atomic E-state index is 0.0232. The van der Waals surface area contributed by atoms with Crippen LogP contribution in [0.2, 0.25) is 10.0 Å². The summed E-state index contributed by atoms with van der Waals surface area (Å²) in [5, 5.41) is 2.99. The van der Waals surface area contributed by atoms with Gasteiger partial charge in [0.2, 0.25) is 0 Å². The monoisotopic (exact) mass is 289 g/mol. The summed E-state index contributed by atoms with van der Waals surface area (Å²) in [7, 11) is 0. The molecule has 1 aromatic rings. The molecule has 1 saturated carbocycles. The lowest BCUT2D eigenvalue weighted by atomic mass is 9.95. The third-order valence-corrected chi connectivity index (χ3v) is 4.02. The van der Waals surface area contributed by atoms with Crippen LogP contribution in [0.5, 0.6) is 0 Å². The maximum Gasteiger partial charge on any atom is 0.256 e. The highest BCUT2D eigenvalue weighted by molar-refractivity contribution is 6.43. The fraction of sp³-hybridized carbons (Fsp3) is 0.462. The van der Waals surface area contributed by atoms with E-state index in [2.05, 4.69) is 5.32 Å². The minimum atomic E-state index is -0.641. The van der Waals surface area contributed by atoms with Gasteiger partial charge in [0, 0.05) is 6.04 Å². The van der Waals surface area contributed by atoms with Crippen molar-refractivity contribution in [2.24, 2.45) is 0 Å². The molecule has 0 radical (unpaired) electrons. The average Bonchev–Trinajstić information content (AvgIpc) is 2.36. The lowest BCUT2D eigenvalue weighted by Crippen LogP contribution is -2.36. The first-order chi connectivity index (χ1) is 8.59. The van der Waals surface area contributed by atoms with Crippen molar-refractivity contribution in [2.75, 3.05) is 0 Å². The molecule has 0 saturated heterocycles. The first kappa shape index (κ1) is 13.6. The molecule has 1 N–H and O–H groups in total. The summed E-state index contributed by atoms with van der Waals surface area (Å²) in [5.41, 5.74) is -0.158. The van der Waals surface area contributed by atoms with Gasteiger partial charge in [-0.1, -0.05) is 42.5 Å². The number of benzene rings is 1. The van der Waals surface area contributed by atoms with Crippen LogP contribution in [-0.2, 0) is 0 Å². The second kappa shape index (κ2) is 5.89. The van der Waals surface area contributed by atoms with Crippen molar-refractivity contribution in [1.29, 1.82) is 0 Å². The Balaban J connectivity index is 2.15. The van der Waals surface area contributed by atoms with E-state index in [-0.39, 0.29) is 21.7 Å². The normalized spacial score (nSPS) is 16.6. The van der Waals surface area contributed by atoms with Gasteiger partial charge in [-0.15, -0.1) is 0 Å². The topological polar surface area (TPSA) is 29.1 Å². The average molecular weight is 290 g/mol. The van der Waals surface area contributed by atoms with Crippen LogP contribution in [0.3, 0.4) is 0 Å². The Morgan fingerprint density at radius 2 is 1.89 bits per heavy atom. The first-order valence-electron chi connectivity index (χ1n) is 6.04. The summed E-state index contributed by atoms with van der Waals surface area (Å²) in [6.45, 7) is 0. The molecule has 1 aliphatic rings. The second-order valence-electron chi connectivity index (χ2n) is 4.53. The first-order valence-corrected chi connectivity index (χ1v) is 6.79. The molecule has 0 aliphatic heterocycles. The predicted octanol–water partition coefficient (Wildman–Crippen LogP) is 4.20. The van der Waals surface area contributed by atoms with Gasteiger partial charge in [0.25, 0.3) is 5.91 Å². The lowest BCUT2D eigenvalue weighted by molar-refractivity contribution is 0.0924. The summed E-state index contributed by atoms with van der Waals surface area (Å²) in [6, 6.07) is 2.61. The van der Waals surface area contributed by atoms with E-state index in [4.69, 9.17) is 23.2 Å². The van der Waals surface area contributed by atoms with Crippen LogP contribution in [0.1, 0.15) is 42.5 Å².